The van der Waals surface area contributed by atoms with Crippen molar-refractivity contribution in [3.8, 4) is 11.5 Å². The normalized spacial score (nSPS) is 10.7. The number of carbonyl (C=O) groups is 2. The van der Waals surface area contributed by atoms with Crippen molar-refractivity contribution in [2.75, 3.05) is 18.5 Å². The second kappa shape index (κ2) is 11.2. The standard InChI is InChI=1S/C26H22N4O4/c31-24(29-21-11-2-1-3-12-21)17-33-22-13-5-4-8-20(22)16-28-30-25(32)18-34-23-14-6-9-19-10-7-15-27-26(19)23/h1-16H,17-18H2,(H,29,31)(H,30,32)/b28-16-. The van der Waals surface area contributed by atoms with Crippen molar-refractivity contribution in [1.29, 1.82) is 0 Å². The van der Waals surface area contributed by atoms with Crippen LogP contribution in [-0.4, -0.2) is 36.2 Å². The highest BCUT2D eigenvalue weighted by Gasteiger charge is 2.08. The van der Waals surface area contributed by atoms with Crippen LogP contribution in [0.1, 0.15) is 5.56 Å². The number of carbonyl (C=O) groups excluding carboxylic acids is 2. The summed E-state index contributed by atoms with van der Waals surface area (Å²) in [4.78, 5) is 28.6. The second-order valence-corrected chi connectivity index (χ2v) is 7.15. The highest BCUT2D eigenvalue weighted by molar-refractivity contribution is 5.92. The van der Waals surface area contributed by atoms with E-state index < -0.39 is 5.91 Å². The maximum absolute atomic E-state index is 12.2. The number of nitrogens with one attached hydrogen (secondary N) is 2. The molecule has 0 saturated heterocycles. The Morgan fingerprint density at radius 1 is 0.794 bits per heavy atom. The average molecular weight is 454 g/mol. The van der Waals surface area contributed by atoms with Gasteiger partial charge < -0.3 is 14.8 Å². The van der Waals surface area contributed by atoms with Gasteiger partial charge in [0.25, 0.3) is 11.8 Å². The molecule has 34 heavy (non-hydrogen) atoms. The van der Waals surface area contributed by atoms with Crippen molar-refractivity contribution in [2.24, 2.45) is 5.10 Å². The fourth-order valence-corrected chi connectivity index (χ4v) is 3.12. The van der Waals surface area contributed by atoms with Gasteiger partial charge in [0.2, 0.25) is 0 Å². The molecule has 170 valence electrons. The van der Waals surface area contributed by atoms with Gasteiger partial charge in [0.15, 0.2) is 13.2 Å². The first-order chi connectivity index (χ1) is 16.7. The molecule has 0 aliphatic rings. The minimum Gasteiger partial charge on any atom is -0.483 e. The van der Waals surface area contributed by atoms with Gasteiger partial charge in [-0.2, -0.15) is 5.10 Å². The summed E-state index contributed by atoms with van der Waals surface area (Å²) in [7, 11) is 0. The highest BCUT2D eigenvalue weighted by atomic mass is 16.5. The van der Waals surface area contributed by atoms with Gasteiger partial charge in [-0.25, -0.2) is 5.43 Å². The van der Waals surface area contributed by atoms with Gasteiger partial charge in [0, 0.05) is 22.8 Å². The van der Waals surface area contributed by atoms with E-state index in [9.17, 15) is 9.59 Å². The van der Waals surface area contributed by atoms with Crippen molar-refractivity contribution in [3.63, 3.8) is 0 Å². The van der Waals surface area contributed by atoms with Crippen LogP contribution in [0.15, 0.2) is 96.2 Å². The largest absolute Gasteiger partial charge is 0.483 e. The Balaban J connectivity index is 1.29. The third-order valence-electron chi connectivity index (χ3n) is 4.68. The molecule has 4 aromatic rings. The van der Waals surface area contributed by atoms with Crippen LogP contribution in [0.4, 0.5) is 5.69 Å². The third-order valence-corrected chi connectivity index (χ3v) is 4.68. The van der Waals surface area contributed by atoms with Crippen LogP contribution >= 0.6 is 0 Å². The van der Waals surface area contributed by atoms with E-state index in [-0.39, 0.29) is 19.1 Å². The molecule has 8 nitrogen and oxygen atoms in total. The predicted molar refractivity (Wildman–Crippen MR) is 130 cm³/mol. The van der Waals surface area contributed by atoms with E-state index >= 15 is 0 Å². The number of fused-ring (bicyclic) bond motifs is 1. The number of hydrogen-bond donors (Lipinski definition) is 2. The molecule has 0 aliphatic heterocycles. The van der Waals surface area contributed by atoms with Crippen LogP contribution in [0.2, 0.25) is 0 Å². The molecule has 0 radical (unpaired) electrons. The summed E-state index contributed by atoms with van der Waals surface area (Å²) in [5.74, 6) is 0.266. The topological polar surface area (TPSA) is 102 Å². The van der Waals surface area contributed by atoms with Gasteiger partial charge in [-0.3, -0.25) is 14.6 Å². The van der Waals surface area contributed by atoms with E-state index in [0.717, 1.165) is 5.39 Å². The second-order valence-electron chi connectivity index (χ2n) is 7.15. The molecule has 1 aromatic heterocycles. The summed E-state index contributed by atoms with van der Waals surface area (Å²) in [6.07, 6.45) is 3.12. The third kappa shape index (κ3) is 6.17. The van der Waals surface area contributed by atoms with E-state index in [0.29, 0.717) is 28.3 Å². The number of pyridine rings is 1. The van der Waals surface area contributed by atoms with E-state index in [4.69, 9.17) is 9.47 Å². The number of nitrogens with zero attached hydrogens (tertiary/aromatic N) is 2. The van der Waals surface area contributed by atoms with Gasteiger partial charge in [0.1, 0.15) is 17.0 Å². The number of ether oxygens (including phenoxy) is 2. The molecule has 0 unspecified atom stereocenters. The lowest BCUT2D eigenvalue weighted by Crippen LogP contribution is -2.24. The van der Waals surface area contributed by atoms with Crippen LogP contribution in [0.25, 0.3) is 10.9 Å². The number of para-hydroxylation sites is 3. The first-order valence-electron chi connectivity index (χ1n) is 10.5. The number of benzene rings is 3. The molecule has 0 fully saturated rings. The Labute approximate surface area is 196 Å². The number of anilines is 1. The van der Waals surface area contributed by atoms with Crippen LogP contribution in [0, 0.1) is 0 Å². The average Bonchev–Trinajstić information content (AvgIpc) is 2.87. The molecule has 0 spiro atoms. The van der Waals surface area contributed by atoms with Gasteiger partial charge in [-0.15, -0.1) is 0 Å². The number of amides is 2. The predicted octanol–water partition coefficient (Wildman–Crippen LogP) is 3.78. The maximum Gasteiger partial charge on any atom is 0.277 e. The molecule has 0 saturated carbocycles. The minimum atomic E-state index is -0.426. The summed E-state index contributed by atoms with van der Waals surface area (Å²) in [6.45, 7) is -0.385. The Morgan fingerprint density at radius 3 is 2.38 bits per heavy atom. The molecule has 0 bridgehead atoms. The van der Waals surface area contributed by atoms with Gasteiger partial charge in [-0.05, 0) is 36.4 Å². The first-order valence-corrected chi connectivity index (χ1v) is 10.5. The molecule has 0 aliphatic carbocycles. The number of hydrogen-bond acceptors (Lipinski definition) is 6. The lowest BCUT2D eigenvalue weighted by atomic mass is 10.2. The van der Waals surface area contributed by atoms with Crippen molar-refractivity contribution in [3.05, 3.63) is 96.7 Å². The summed E-state index contributed by atoms with van der Waals surface area (Å²) in [5.41, 5.74) is 4.40. The summed E-state index contributed by atoms with van der Waals surface area (Å²) in [6, 6.07) is 25.5. The van der Waals surface area contributed by atoms with Crippen LogP contribution < -0.4 is 20.2 Å². The summed E-state index contributed by atoms with van der Waals surface area (Å²) < 4.78 is 11.2. The fourth-order valence-electron chi connectivity index (χ4n) is 3.12. The van der Waals surface area contributed by atoms with Crippen molar-refractivity contribution in [1.82, 2.24) is 10.4 Å². The lowest BCUT2D eigenvalue weighted by molar-refractivity contribution is -0.123. The molecule has 1 heterocycles. The maximum atomic E-state index is 12.2. The molecule has 2 N–H and O–H groups in total. The van der Waals surface area contributed by atoms with Crippen molar-refractivity contribution < 1.29 is 19.1 Å². The number of rotatable bonds is 9. The molecule has 4 rings (SSSR count). The van der Waals surface area contributed by atoms with Crippen LogP contribution in [0.3, 0.4) is 0 Å². The van der Waals surface area contributed by atoms with E-state index in [2.05, 4.69) is 20.8 Å². The summed E-state index contributed by atoms with van der Waals surface area (Å²) in [5, 5.41) is 7.65. The fraction of sp³-hybridized carbons (Fsp3) is 0.0769. The monoisotopic (exact) mass is 454 g/mol. The van der Waals surface area contributed by atoms with E-state index in [1.54, 1.807) is 48.7 Å². The quantitative estimate of drug-likeness (QED) is 0.296. The molecular formula is C26H22N4O4. The smallest absolute Gasteiger partial charge is 0.277 e. The van der Waals surface area contributed by atoms with Gasteiger partial charge >= 0.3 is 0 Å². The molecule has 0 atom stereocenters. The zero-order chi connectivity index (χ0) is 23.6. The van der Waals surface area contributed by atoms with Crippen LogP contribution in [0.5, 0.6) is 11.5 Å². The highest BCUT2D eigenvalue weighted by Crippen LogP contribution is 2.22. The first kappa shape index (κ1) is 22.5. The zero-order valence-electron chi connectivity index (χ0n) is 18.2. The molecule has 3 aromatic carbocycles. The van der Waals surface area contributed by atoms with Crippen molar-refractivity contribution >= 4 is 34.6 Å². The lowest BCUT2D eigenvalue weighted by Gasteiger charge is -2.09. The van der Waals surface area contributed by atoms with Crippen molar-refractivity contribution in [2.45, 2.75) is 0 Å². The Kier molecular flexibility index (Phi) is 7.43. The minimum absolute atomic E-state index is 0.168. The number of hydrazone groups is 1. The number of aromatic nitrogens is 1. The van der Waals surface area contributed by atoms with Crippen LogP contribution in [-0.2, 0) is 9.59 Å². The Morgan fingerprint density at radius 2 is 1.50 bits per heavy atom. The Hall–Kier alpha value is -4.72. The molecular weight excluding hydrogens is 432 g/mol. The van der Waals surface area contributed by atoms with E-state index in [1.165, 1.54) is 6.21 Å². The summed E-state index contributed by atoms with van der Waals surface area (Å²) >= 11 is 0. The van der Waals surface area contributed by atoms with Gasteiger partial charge in [-0.1, -0.05) is 48.5 Å². The molecule has 2 amide bonds. The zero-order valence-corrected chi connectivity index (χ0v) is 18.2. The Bertz CT molecular complexity index is 1300. The SMILES string of the molecule is O=C(COc1cccc2cccnc12)N/N=C\c1ccccc1OCC(=O)Nc1ccccc1. The van der Waals surface area contributed by atoms with Gasteiger partial charge in [0.05, 0.1) is 6.21 Å². The molecule has 8 heteroatoms. The van der Waals surface area contributed by atoms with E-state index in [1.807, 2.05) is 42.5 Å².